The summed E-state index contributed by atoms with van der Waals surface area (Å²) in [7, 11) is 3.91. The molecule has 0 bridgehead atoms. The molecule has 8 nitrogen and oxygen atoms in total. The zero-order valence-corrected chi connectivity index (χ0v) is 14.7. The lowest BCUT2D eigenvalue weighted by Gasteiger charge is -2.10. The fourth-order valence-corrected chi connectivity index (χ4v) is 2.16. The van der Waals surface area contributed by atoms with E-state index in [1.807, 2.05) is 48.1 Å². The molecule has 0 aliphatic rings. The minimum absolute atomic E-state index is 0. The van der Waals surface area contributed by atoms with E-state index in [1.54, 1.807) is 6.07 Å². The Morgan fingerprint density at radius 1 is 1.28 bits per heavy atom. The predicted octanol–water partition coefficient (Wildman–Crippen LogP) is -1.44. The molecule has 0 saturated heterocycles. The number of nitro groups is 1. The highest BCUT2D eigenvalue weighted by Gasteiger charge is 2.16. The third-order valence-corrected chi connectivity index (χ3v) is 3.54. The van der Waals surface area contributed by atoms with Crippen molar-refractivity contribution in [1.82, 2.24) is 0 Å². The van der Waals surface area contributed by atoms with Crippen LogP contribution in [0.2, 0.25) is 0 Å². The van der Waals surface area contributed by atoms with Gasteiger partial charge in [0.15, 0.2) is 18.9 Å². The van der Waals surface area contributed by atoms with Gasteiger partial charge in [-0.15, -0.1) is 0 Å². The SMILES string of the molecule is CN(C)c1cc[n+](CCC(=O)Nc2cccc([N+](=O)[O-])c2N)cc1.[Cl-]. The maximum Gasteiger partial charge on any atom is 0.294 e. The molecule has 2 rings (SSSR count). The van der Waals surface area contributed by atoms with Gasteiger partial charge in [-0.05, 0) is 6.07 Å². The molecule has 1 heterocycles. The average Bonchev–Trinajstić information content (AvgIpc) is 2.55. The van der Waals surface area contributed by atoms with Crippen molar-refractivity contribution < 1.29 is 26.7 Å². The molecule has 0 aliphatic carbocycles. The van der Waals surface area contributed by atoms with Crippen molar-refractivity contribution >= 4 is 28.7 Å². The van der Waals surface area contributed by atoms with Gasteiger partial charge in [-0.3, -0.25) is 14.9 Å². The number of aryl methyl sites for hydroxylation is 1. The lowest BCUT2D eigenvalue weighted by molar-refractivity contribution is -0.695. The molecule has 0 aliphatic heterocycles. The second-order valence-corrected chi connectivity index (χ2v) is 5.48. The summed E-state index contributed by atoms with van der Waals surface area (Å²) in [4.78, 5) is 24.3. The molecule has 25 heavy (non-hydrogen) atoms. The normalized spacial score (nSPS) is 9.84. The van der Waals surface area contributed by atoms with Crippen molar-refractivity contribution in [2.45, 2.75) is 13.0 Å². The van der Waals surface area contributed by atoms with E-state index < -0.39 is 4.92 Å². The molecule has 0 unspecified atom stereocenters. The van der Waals surface area contributed by atoms with Crippen LogP contribution >= 0.6 is 0 Å². The summed E-state index contributed by atoms with van der Waals surface area (Å²) in [6.07, 6.45) is 4.02. The Morgan fingerprint density at radius 2 is 1.92 bits per heavy atom. The summed E-state index contributed by atoms with van der Waals surface area (Å²) >= 11 is 0. The number of benzene rings is 1. The quantitative estimate of drug-likeness (QED) is 0.282. The number of nitrogens with zero attached hydrogens (tertiary/aromatic N) is 3. The number of halogens is 1. The number of nitrogens with two attached hydrogens (primary N) is 1. The van der Waals surface area contributed by atoms with E-state index >= 15 is 0 Å². The third-order valence-electron chi connectivity index (χ3n) is 3.54. The molecule has 1 aromatic carbocycles. The average molecular weight is 366 g/mol. The maximum absolute atomic E-state index is 12.0. The fraction of sp³-hybridized carbons (Fsp3) is 0.250. The number of rotatable bonds is 6. The summed E-state index contributed by atoms with van der Waals surface area (Å²) < 4.78 is 1.89. The number of carbonyl (C=O) groups is 1. The standard InChI is InChI=1S/C16H19N5O3.ClH/c1-19(2)12-6-9-20(10-7-12)11-8-15(22)18-13-4-3-5-14(16(13)17)21(23)24;/h3-7,9-10H,8,11,17H2,1-2H3;1H. The van der Waals surface area contributed by atoms with E-state index in [9.17, 15) is 14.9 Å². The Bertz CT molecular complexity index is 750. The van der Waals surface area contributed by atoms with Gasteiger partial charge in [0.25, 0.3) is 5.69 Å². The largest absolute Gasteiger partial charge is 1.00 e. The molecular formula is C16H20ClN5O3. The Morgan fingerprint density at radius 3 is 2.48 bits per heavy atom. The molecular weight excluding hydrogens is 346 g/mol. The summed E-state index contributed by atoms with van der Waals surface area (Å²) in [5.74, 6) is -0.258. The van der Waals surface area contributed by atoms with Crippen LogP contribution in [-0.4, -0.2) is 24.9 Å². The molecule has 3 N–H and O–H groups in total. The van der Waals surface area contributed by atoms with Crippen molar-refractivity contribution in [3.05, 3.63) is 52.8 Å². The van der Waals surface area contributed by atoms with Gasteiger partial charge < -0.3 is 28.4 Å². The highest BCUT2D eigenvalue weighted by molar-refractivity contribution is 5.95. The maximum atomic E-state index is 12.0. The summed E-state index contributed by atoms with van der Waals surface area (Å²) in [5.41, 5.74) is 6.78. The van der Waals surface area contributed by atoms with E-state index in [2.05, 4.69) is 5.32 Å². The van der Waals surface area contributed by atoms with Gasteiger partial charge in [0, 0.05) is 38.0 Å². The van der Waals surface area contributed by atoms with Crippen molar-refractivity contribution in [2.75, 3.05) is 30.0 Å². The number of nitrogen functional groups attached to an aromatic ring is 1. The van der Waals surface area contributed by atoms with Crippen LogP contribution in [0.3, 0.4) is 0 Å². The molecule has 1 aromatic heterocycles. The highest BCUT2D eigenvalue weighted by atomic mass is 35.5. The van der Waals surface area contributed by atoms with Gasteiger partial charge in [0.1, 0.15) is 5.69 Å². The number of hydrogen-bond donors (Lipinski definition) is 2. The van der Waals surface area contributed by atoms with Crippen LogP contribution in [0.4, 0.5) is 22.7 Å². The number of hydrogen-bond acceptors (Lipinski definition) is 5. The first-order chi connectivity index (χ1) is 11.4. The minimum Gasteiger partial charge on any atom is -1.00 e. The number of nitrogens with one attached hydrogen (secondary N) is 1. The number of amides is 1. The van der Waals surface area contributed by atoms with E-state index in [-0.39, 0.29) is 41.8 Å². The minimum atomic E-state index is -0.576. The molecule has 134 valence electrons. The summed E-state index contributed by atoms with van der Waals surface area (Å²) in [5, 5.41) is 13.5. The Balaban J connectivity index is 0.00000312. The van der Waals surface area contributed by atoms with E-state index in [1.165, 1.54) is 12.1 Å². The van der Waals surface area contributed by atoms with Crippen LogP contribution in [0.5, 0.6) is 0 Å². The second kappa shape index (κ2) is 8.84. The highest BCUT2D eigenvalue weighted by Crippen LogP contribution is 2.28. The van der Waals surface area contributed by atoms with E-state index in [4.69, 9.17) is 5.73 Å². The molecule has 0 spiro atoms. The molecule has 2 aromatic rings. The number of carbonyl (C=O) groups excluding carboxylic acids is 1. The molecule has 0 radical (unpaired) electrons. The Kier molecular flexibility index (Phi) is 7.13. The number of nitro benzene ring substituents is 1. The van der Waals surface area contributed by atoms with E-state index in [0.29, 0.717) is 6.54 Å². The third kappa shape index (κ3) is 5.32. The van der Waals surface area contributed by atoms with Gasteiger partial charge in [0.2, 0.25) is 5.91 Å². The monoisotopic (exact) mass is 365 g/mol. The Hall–Kier alpha value is -2.87. The molecule has 0 fully saturated rings. The Labute approximate surface area is 151 Å². The zero-order valence-electron chi connectivity index (χ0n) is 14.0. The van der Waals surface area contributed by atoms with Gasteiger partial charge in [0.05, 0.1) is 17.0 Å². The topological polar surface area (TPSA) is 105 Å². The fourth-order valence-electron chi connectivity index (χ4n) is 2.16. The van der Waals surface area contributed by atoms with Crippen molar-refractivity contribution in [3.63, 3.8) is 0 Å². The van der Waals surface area contributed by atoms with Crippen LogP contribution in [-0.2, 0) is 11.3 Å². The number of aromatic nitrogens is 1. The lowest BCUT2D eigenvalue weighted by atomic mass is 10.2. The second-order valence-electron chi connectivity index (χ2n) is 5.48. The van der Waals surface area contributed by atoms with Gasteiger partial charge in [-0.1, -0.05) is 6.07 Å². The number of pyridine rings is 1. The van der Waals surface area contributed by atoms with Crippen molar-refractivity contribution in [3.8, 4) is 0 Å². The van der Waals surface area contributed by atoms with Crippen LogP contribution in [0.15, 0.2) is 42.7 Å². The van der Waals surface area contributed by atoms with Crippen LogP contribution in [0.1, 0.15) is 6.42 Å². The smallest absolute Gasteiger partial charge is 0.294 e. The molecule has 0 saturated carbocycles. The van der Waals surface area contributed by atoms with Crippen molar-refractivity contribution in [2.24, 2.45) is 0 Å². The predicted molar refractivity (Wildman–Crippen MR) is 91.7 cm³/mol. The molecule has 0 atom stereocenters. The van der Waals surface area contributed by atoms with Crippen molar-refractivity contribution in [1.29, 1.82) is 0 Å². The first-order valence-corrected chi connectivity index (χ1v) is 7.37. The first-order valence-electron chi connectivity index (χ1n) is 7.37. The van der Waals surface area contributed by atoms with Crippen LogP contribution < -0.4 is 32.9 Å². The zero-order chi connectivity index (χ0) is 17.7. The molecule has 1 amide bonds. The number of para-hydroxylation sites is 1. The van der Waals surface area contributed by atoms with Gasteiger partial charge in [-0.2, -0.15) is 0 Å². The molecule has 9 heteroatoms. The van der Waals surface area contributed by atoms with Gasteiger partial charge in [-0.25, -0.2) is 4.57 Å². The van der Waals surface area contributed by atoms with Crippen LogP contribution in [0.25, 0.3) is 0 Å². The number of anilines is 3. The summed E-state index contributed by atoms with van der Waals surface area (Å²) in [6.45, 7) is 0.494. The lowest BCUT2D eigenvalue weighted by Crippen LogP contribution is -3.00. The van der Waals surface area contributed by atoms with Crippen LogP contribution in [0, 0.1) is 10.1 Å². The van der Waals surface area contributed by atoms with Gasteiger partial charge >= 0.3 is 0 Å². The van der Waals surface area contributed by atoms with E-state index in [0.717, 1.165) is 5.69 Å². The summed E-state index contributed by atoms with van der Waals surface area (Å²) in [6, 6.07) is 8.23. The first kappa shape index (κ1) is 20.2.